The third-order valence-electron chi connectivity index (χ3n) is 3.72. The van der Waals surface area contributed by atoms with Crippen LogP contribution in [0.1, 0.15) is 25.0 Å². The first kappa shape index (κ1) is 18.8. The van der Waals surface area contributed by atoms with Crippen molar-refractivity contribution in [1.29, 1.82) is 0 Å². The second-order valence-electron chi connectivity index (χ2n) is 6.66. The van der Waals surface area contributed by atoms with Gasteiger partial charge in [-0.2, -0.15) is 5.10 Å². The molecule has 0 bridgehead atoms. The standard InChI is InChI=1S/C18H24N6S2/c1-14(2)20-17-21-24(18(25)26-17)13-22(3)10-16-9-19-23(12-16)11-15-7-5-4-6-8-15/h4-9,12,14H,10-11,13H2,1-3H3,(H,20,21). The van der Waals surface area contributed by atoms with E-state index >= 15 is 0 Å². The molecule has 0 spiro atoms. The van der Waals surface area contributed by atoms with Gasteiger partial charge in [-0.15, -0.1) is 5.10 Å². The molecular formula is C18H24N6S2. The van der Waals surface area contributed by atoms with Crippen LogP contribution in [-0.4, -0.2) is 37.6 Å². The van der Waals surface area contributed by atoms with Crippen molar-refractivity contribution >= 4 is 28.7 Å². The van der Waals surface area contributed by atoms with Crippen molar-refractivity contribution in [2.75, 3.05) is 12.4 Å². The average Bonchev–Trinajstić information content (AvgIpc) is 3.14. The predicted molar refractivity (Wildman–Crippen MR) is 109 cm³/mol. The Labute approximate surface area is 163 Å². The van der Waals surface area contributed by atoms with E-state index in [9.17, 15) is 0 Å². The maximum absolute atomic E-state index is 5.42. The molecule has 6 nitrogen and oxygen atoms in total. The molecule has 2 aromatic heterocycles. The van der Waals surface area contributed by atoms with E-state index in [1.165, 1.54) is 22.5 Å². The molecule has 0 radical (unpaired) electrons. The van der Waals surface area contributed by atoms with Crippen molar-refractivity contribution in [1.82, 2.24) is 24.5 Å². The summed E-state index contributed by atoms with van der Waals surface area (Å²) in [6.07, 6.45) is 4.01. The Morgan fingerprint density at radius 3 is 2.73 bits per heavy atom. The summed E-state index contributed by atoms with van der Waals surface area (Å²) in [5.41, 5.74) is 2.42. The van der Waals surface area contributed by atoms with Gasteiger partial charge in [-0.05, 0) is 38.7 Å². The molecule has 0 atom stereocenters. The van der Waals surface area contributed by atoms with Crippen molar-refractivity contribution in [2.45, 2.75) is 39.6 Å². The minimum absolute atomic E-state index is 0.345. The minimum Gasteiger partial charge on any atom is -0.358 e. The van der Waals surface area contributed by atoms with Gasteiger partial charge in [0.05, 0.1) is 19.4 Å². The van der Waals surface area contributed by atoms with Gasteiger partial charge in [-0.25, -0.2) is 4.68 Å². The van der Waals surface area contributed by atoms with Crippen LogP contribution in [-0.2, 0) is 19.8 Å². The van der Waals surface area contributed by atoms with Crippen LogP contribution < -0.4 is 5.32 Å². The van der Waals surface area contributed by atoms with Crippen molar-refractivity contribution < 1.29 is 0 Å². The van der Waals surface area contributed by atoms with Crippen molar-refractivity contribution in [3.05, 3.63) is 57.8 Å². The summed E-state index contributed by atoms with van der Waals surface area (Å²) >= 11 is 6.93. The van der Waals surface area contributed by atoms with E-state index in [0.717, 1.165) is 22.2 Å². The van der Waals surface area contributed by atoms with Gasteiger partial charge in [0.25, 0.3) is 0 Å². The third-order valence-corrected chi connectivity index (χ3v) is 4.96. The highest BCUT2D eigenvalue weighted by Crippen LogP contribution is 2.16. The number of aromatic nitrogens is 4. The highest BCUT2D eigenvalue weighted by Gasteiger charge is 2.09. The van der Waals surface area contributed by atoms with Gasteiger partial charge in [-0.1, -0.05) is 41.7 Å². The predicted octanol–water partition coefficient (Wildman–Crippen LogP) is 3.83. The van der Waals surface area contributed by atoms with Gasteiger partial charge >= 0.3 is 0 Å². The largest absolute Gasteiger partial charge is 0.358 e. The Hall–Kier alpha value is -2.03. The third kappa shape index (κ3) is 5.23. The average molecular weight is 389 g/mol. The highest BCUT2D eigenvalue weighted by molar-refractivity contribution is 7.73. The molecule has 0 aliphatic heterocycles. The second-order valence-corrected chi connectivity index (χ2v) is 8.28. The number of rotatable bonds is 8. The number of anilines is 1. The van der Waals surface area contributed by atoms with Crippen molar-refractivity contribution in [2.24, 2.45) is 0 Å². The molecule has 0 saturated carbocycles. The second kappa shape index (κ2) is 8.57. The number of nitrogens with zero attached hydrogens (tertiary/aromatic N) is 5. The molecule has 3 aromatic rings. The molecule has 0 unspecified atom stereocenters. The molecule has 26 heavy (non-hydrogen) atoms. The topological polar surface area (TPSA) is 50.9 Å². The number of nitrogens with one attached hydrogen (secondary N) is 1. The Morgan fingerprint density at radius 1 is 1.23 bits per heavy atom. The van der Waals surface area contributed by atoms with Gasteiger partial charge in [0.1, 0.15) is 0 Å². The Kier molecular flexibility index (Phi) is 6.18. The summed E-state index contributed by atoms with van der Waals surface area (Å²) in [6, 6.07) is 10.7. The molecule has 3 rings (SSSR count). The van der Waals surface area contributed by atoms with Crippen LogP contribution in [0.25, 0.3) is 0 Å². The summed E-state index contributed by atoms with van der Waals surface area (Å²) in [4.78, 5) is 2.18. The molecule has 138 valence electrons. The molecule has 2 heterocycles. The van der Waals surface area contributed by atoms with Crippen molar-refractivity contribution in [3.8, 4) is 0 Å². The van der Waals surface area contributed by atoms with Crippen LogP contribution in [0.3, 0.4) is 0 Å². The molecule has 8 heteroatoms. The van der Waals surface area contributed by atoms with Crippen molar-refractivity contribution in [3.63, 3.8) is 0 Å². The maximum Gasteiger partial charge on any atom is 0.204 e. The van der Waals surface area contributed by atoms with E-state index in [0.29, 0.717) is 12.7 Å². The fourth-order valence-electron chi connectivity index (χ4n) is 2.64. The Balaban J connectivity index is 1.58. The summed E-state index contributed by atoms with van der Waals surface area (Å²) < 4.78 is 4.61. The molecule has 0 aliphatic rings. The number of hydrogen-bond donors (Lipinski definition) is 1. The smallest absolute Gasteiger partial charge is 0.204 e. The van der Waals surface area contributed by atoms with E-state index in [2.05, 4.69) is 59.6 Å². The lowest BCUT2D eigenvalue weighted by Gasteiger charge is -2.15. The van der Waals surface area contributed by atoms with Gasteiger partial charge in [0.15, 0.2) is 3.95 Å². The van der Waals surface area contributed by atoms with E-state index < -0.39 is 0 Å². The van der Waals surface area contributed by atoms with Crippen LogP contribution in [0.2, 0.25) is 0 Å². The van der Waals surface area contributed by atoms with E-state index in [-0.39, 0.29) is 0 Å². The first-order chi connectivity index (χ1) is 12.5. The molecule has 1 N–H and O–H groups in total. The van der Waals surface area contributed by atoms with Crippen LogP contribution in [0.4, 0.5) is 5.13 Å². The van der Waals surface area contributed by atoms with Crippen LogP contribution in [0, 0.1) is 3.95 Å². The zero-order valence-corrected chi connectivity index (χ0v) is 16.9. The fraction of sp³-hybridized carbons (Fsp3) is 0.389. The number of hydrogen-bond acceptors (Lipinski definition) is 6. The monoisotopic (exact) mass is 388 g/mol. The molecule has 1 aromatic carbocycles. The molecule has 0 fully saturated rings. The Bertz CT molecular complexity index is 880. The molecule has 0 aliphatic carbocycles. The lowest BCUT2D eigenvalue weighted by Crippen LogP contribution is -2.22. The summed E-state index contributed by atoms with van der Waals surface area (Å²) in [5, 5.41) is 13.2. The molecule has 0 amide bonds. The number of benzene rings is 1. The molecule has 0 saturated heterocycles. The maximum atomic E-state index is 5.42. The van der Waals surface area contributed by atoms with Gasteiger partial charge in [0, 0.05) is 24.3 Å². The van der Waals surface area contributed by atoms with Crippen LogP contribution in [0.15, 0.2) is 42.7 Å². The SMILES string of the molecule is CC(C)Nc1nn(CN(C)Cc2cnn(Cc3ccccc3)c2)c(=S)s1. The normalized spacial score (nSPS) is 11.4. The molecular weight excluding hydrogens is 364 g/mol. The first-order valence-electron chi connectivity index (χ1n) is 8.58. The lowest BCUT2D eigenvalue weighted by atomic mass is 10.2. The minimum atomic E-state index is 0.345. The zero-order valence-electron chi connectivity index (χ0n) is 15.3. The van der Waals surface area contributed by atoms with E-state index in [4.69, 9.17) is 12.2 Å². The zero-order chi connectivity index (χ0) is 18.5. The summed E-state index contributed by atoms with van der Waals surface area (Å²) in [7, 11) is 2.06. The van der Waals surface area contributed by atoms with Crippen LogP contribution in [0.5, 0.6) is 0 Å². The first-order valence-corrected chi connectivity index (χ1v) is 9.80. The fourth-order valence-corrected chi connectivity index (χ4v) is 3.77. The van der Waals surface area contributed by atoms with Gasteiger partial charge in [-0.3, -0.25) is 9.58 Å². The van der Waals surface area contributed by atoms with E-state index in [1.807, 2.05) is 33.8 Å². The van der Waals surface area contributed by atoms with Gasteiger partial charge < -0.3 is 5.32 Å². The lowest BCUT2D eigenvalue weighted by molar-refractivity contribution is 0.245. The Morgan fingerprint density at radius 2 is 2.00 bits per heavy atom. The van der Waals surface area contributed by atoms with E-state index in [1.54, 1.807) is 0 Å². The highest BCUT2D eigenvalue weighted by atomic mass is 32.1. The summed E-state index contributed by atoms with van der Waals surface area (Å²) in [5.74, 6) is 0. The van der Waals surface area contributed by atoms with Crippen LogP contribution >= 0.6 is 23.6 Å². The summed E-state index contributed by atoms with van der Waals surface area (Å²) in [6.45, 7) is 6.41. The van der Waals surface area contributed by atoms with Gasteiger partial charge in [0.2, 0.25) is 5.13 Å². The quantitative estimate of drug-likeness (QED) is 0.595.